The van der Waals surface area contributed by atoms with E-state index in [1.807, 2.05) is 18.2 Å². The standard InChI is InChI=1S/C20H31N5O2/c1-21-19(26)15-24-11-7-18(8-12-24)25-10-4-5-16(14-25)20(27)23-13-17-6-2-3-9-22-17/h2-3,6,9,16,18H,4-5,7-8,10-15H2,1H3,(H,21,26)(H,23,27). The number of nitrogens with one attached hydrogen (secondary N) is 2. The fourth-order valence-electron chi connectivity index (χ4n) is 4.10. The lowest BCUT2D eigenvalue weighted by atomic mass is 9.93. The van der Waals surface area contributed by atoms with Crippen molar-refractivity contribution in [2.24, 2.45) is 5.92 Å². The van der Waals surface area contributed by atoms with Crippen LogP contribution in [-0.4, -0.2) is 72.4 Å². The van der Waals surface area contributed by atoms with E-state index in [1.54, 1.807) is 13.2 Å². The molecule has 3 heterocycles. The van der Waals surface area contributed by atoms with Gasteiger partial charge in [-0.3, -0.25) is 24.4 Å². The highest BCUT2D eigenvalue weighted by atomic mass is 16.2. The normalized spacial score (nSPS) is 22.3. The molecule has 2 amide bonds. The average Bonchev–Trinajstić information content (AvgIpc) is 2.73. The first-order chi connectivity index (χ1) is 13.2. The zero-order valence-electron chi connectivity index (χ0n) is 16.2. The Bertz CT molecular complexity index is 616. The predicted octanol–water partition coefficient (Wildman–Crippen LogP) is 0.620. The molecule has 1 unspecified atom stereocenters. The van der Waals surface area contributed by atoms with Crippen LogP contribution >= 0.6 is 0 Å². The van der Waals surface area contributed by atoms with E-state index in [1.165, 1.54) is 0 Å². The first-order valence-corrected chi connectivity index (χ1v) is 10.0. The minimum atomic E-state index is 0.0614. The molecule has 2 aliphatic rings. The van der Waals surface area contributed by atoms with Gasteiger partial charge >= 0.3 is 0 Å². The summed E-state index contributed by atoms with van der Waals surface area (Å²) in [5.41, 5.74) is 0.891. The van der Waals surface area contributed by atoms with E-state index in [-0.39, 0.29) is 17.7 Å². The molecule has 0 spiro atoms. The summed E-state index contributed by atoms with van der Waals surface area (Å²) in [5, 5.41) is 5.74. The molecule has 2 fully saturated rings. The van der Waals surface area contributed by atoms with Crippen molar-refractivity contribution < 1.29 is 9.59 Å². The van der Waals surface area contributed by atoms with Gasteiger partial charge in [0.15, 0.2) is 0 Å². The van der Waals surface area contributed by atoms with Gasteiger partial charge in [-0.25, -0.2) is 0 Å². The molecule has 2 N–H and O–H groups in total. The van der Waals surface area contributed by atoms with Crippen molar-refractivity contribution in [2.75, 3.05) is 39.8 Å². The van der Waals surface area contributed by atoms with Gasteiger partial charge in [0.1, 0.15) is 0 Å². The maximum absolute atomic E-state index is 12.6. The number of carbonyl (C=O) groups is 2. The Morgan fingerprint density at radius 2 is 2.00 bits per heavy atom. The van der Waals surface area contributed by atoms with Gasteiger partial charge in [0.25, 0.3) is 0 Å². The lowest BCUT2D eigenvalue weighted by Crippen LogP contribution is -2.51. The van der Waals surface area contributed by atoms with Crippen molar-refractivity contribution in [1.29, 1.82) is 0 Å². The number of carbonyl (C=O) groups excluding carboxylic acids is 2. The number of rotatable bonds is 6. The molecule has 0 radical (unpaired) electrons. The number of pyridine rings is 1. The number of aromatic nitrogens is 1. The molecule has 1 atom stereocenters. The van der Waals surface area contributed by atoms with Crippen LogP contribution in [0.15, 0.2) is 24.4 Å². The van der Waals surface area contributed by atoms with Crippen LogP contribution < -0.4 is 10.6 Å². The van der Waals surface area contributed by atoms with Crippen LogP contribution in [0.5, 0.6) is 0 Å². The zero-order chi connectivity index (χ0) is 19.1. The summed E-state index contributed by atoms with van der Waals surface area (Å²) in [7, 11) is 1.68. The van der Waals surface area contributed by atoms with Gasteiger partial charge in [-0.2, -0.15) is 0 Å². The molecule has 1 aromatic rings. The molecule has 0 aromatic carbocycles. The molecular weight excluding hydrogens is 342 g/mol. The van der Waals surface area contributed by atoms with E-state index in [9.17, 15) is 9.59 Å². The number of amides is 2. The Balaban J connectivity index is 1.44. The van der Waals surface area contributed by atoms with Crippen LogP contribution in [-0.2, 0) is 16.1 Å². The lowest BCUT2D eigenvalue weighted by Gasteiger charge is -2.41. The van der Waals surface area contributed by atoms with Gasteiger partial charge in [0.05, 0.1) is 24.7 Å². The summed E-state index contributed by atoms with van der Waals surface area (Å²) in [5.74, 6) is 0.282. The van der Waals surface area contributed by atoms with Crippen LogP contribution in [0.2, 0.25) is 0 Å². The van der Waals surface area contributed by atoms with Gasteiger partial charge in [-0.05, 0) is 44.4 Å². The molecule has 1 aromatic heterocycles. The Morgan fingerprint density at radius 1 is 1.19 bits per heavy atom. The number of hydrogen-bond acceptors (Lipinski definition) is 5. The summed E-state index contributed by atoms with van der Waals surface area (Å²) in [4.78, 5) is 33.1. The minimum Gasteiger partial charge on any atom is -0.358 e. The minimum absolute atomic E-state index is 0.0614. The Labute approximate surface area is 161 Å². The summed E-state index contributed by atoms with van der Waals surface area (Å²) >= 11 is 0. The van der Waals surface area contributed by atoms with E-state index < -0.39 is 0 Å². The quantitative estimate of drug-likeness (QED) is 0.764. The largest absolute Gasteiger partial charge is 0.358 e. The molecule has 0 aliphatic carbocycles. The average molecular weight is 374 g/mol. The fraction of sp³-hybridized carbons (Fsp3) is 0.650. The molecule has 0 saturated carbocycles. The first kappa shape index (κ1) is 19.8. The SMILES string of the molecule is CNC(=O)CN1CCC(N2CCCC(C(=O)NCc3ccccn3)C2)CC1. The molecule has 7 nitrogen and oxygen atoms in total. The lowest BCUT2D eigenvalue weighted by molar-refractivity contribution is -0.127. The number of piperidine rings is 2. The van der Waals surface area contributed by atoms with Crippen molar-refractivity contribution in [3.8, 4) is 0 Å². The fourth-order valence-corrected chi connectivity index (χ4v) is 4.10. The molecule has 0 bridgehead atoms. The van der Waals surface area contributed by atoms with E-state index in [0.29, 0.717) is 19.1 Å². The maximum atomic E-state index is 12.6. The highest BCUT2D eigenvalue weighted by Crippen LogP contribution is 2.24. The monoisotopic (exact) mass is 373 g/mol. The second kappa shape index (κ2) is 9.80. The number of hydrogen-bond donors (Lipinski definition) is 2. The molecule has 27 heavy (non-hydrogen) atoms. The topological polar surface area (TPSA) is 77.6 Å². The van der Waals surface area contributed by atoms with Crippen molar-refractivity contribution in [2.45, 2.75) is 38.3 Å². The predicted molar refractivity (Wildman–Crippen MR) is 104 cm³/mol. The van der Waals surface area contributed by atoms with Crippen molar-refractivity contribution in [1.82, 2.24) is 25.4 Å². The molecule has 2 saturated heterocycles. The van der Waals surface area contributed by atoms with Gasteiger partial charge < -0.3 is 10.6 Å². The number of nitrogens with zero attached hydrogens (tertiary/aromatic N) is 3. The van der Waals surface area contributed by atoms with E-state index in [4.69, 9.17) is 0 Å². The third-order valence-electron chi connectivity index (χ3n) is 5.71. The summed E-state index contributed by atoms with van der Waals surface area (Å²) < 4.78 is 0. The molecule has 2 aliphatic heterocycles. The van der Waals surface area contributed by atoms with Gasteiger partial charge in [-0.1, -0.05) is 6.07 Å². The van der Waals surface area contributed by atoms with Crippen LogP contribution in [0.3, 0.4) is 0 Å². The smallest absolute Gasteiger partial charge is 0.233 e. The summed E-state index contributed by atoms with van der Waals surface area (Å²) in [6.45, 7) is 4.80. The molecular formula is C20H31N5O2. The second-order valence-electron chi connectivity index (χ2n) is 7.55. The Hall–Kier alpha value is -1.99. The molecule has 3 rings (SSSR count). The molecule has 148 valence electrons. The maximum Gasteiger partial charge on any atom is 0.233 e. The van der Waals surface area contributed by atoms with Gasteiger partial charge in [-0.15, -0.1) is 0 Å². The number of likely N-dealkylation sites (N-methyl/N-ethyl adjacent to an activating group) is 1. The summed E-state index contributed by atoms with van der Waals surface area (Å²) in [6, 6.07) is 6.27. The van der Waals surface area contributed by atoms with Crippen molar-refractivity contribution in [3.63, 3.8) is 0 Å². The van der Waals surface area contributed by atoms with Crippen LogP contribution in [0.1, 0.15) is 31.4 Å². The highest BCUT2D eigenvalue weighted by molar-refractivity contribution is 5.79. The highest BCUT2D eigenvalue weighted by Gasteiger charge is 2.31. The number of likely N-dealkylation sites (tertiary alicyclic amines) is 2. The zero-order valence-corrected chi connectivity index (χ0v) is 16.2. The van der Waals surface area contributed by atoms with Crippen molar-refractivity contribution >= 4 is 11.8 Å². The van der Waals surface area contributed by atoms with Crippen LogP contribution in [0, 0.1) is 5.92 Å². The van der Waals surface area contributed by atoms with Crippen LogP contribution in [0.4, 0.5) is 0 Å². The third kappa shape index (κ3) is 5.74. The van der Waals surface area contributed by atoms with Gasteiger partial charge in [0, 0.05) is 38.9 Å². The second-order valence-corrected chi connectivity index (χ2v) is 7.55. The molecule has 7 heteroatoms. The Kier molecular flexibility index (Phi) is 7.18. The van der Waals surface area contributed by atoms with Gasteiger partial charge in [0.2, 0.25) is 11.8 Å². The summed E-state index contributed by atoms with van der Waals surface area (Å²) in [6.07, 6.45) is 5.92. The Morgan fingerprint density at radius 3 is 2.70 bits per heavy atom. The first-order valence-electron chi connectivity index (χ1n) is 10.0. The van der Waals surface area contributed by atoms with Crippen molar-refractivity contribution in [3.05, 3.63) is 30.1 Å². The van der Waals surface area contributed by atoms with E-state index in [2.05, 4.69) is 25.4 Å². The van der Waals surface area contributed by atoms with Crippen LogP contribution in [0.25, 0.3) is 0 Å². The third-order valence-corrected chi connectivity index (χ3v) is 5.71. The van der Waals surface area contributed by atoms with E-state index in [0.717, 1.165) is 57.6 Å². The van der Waals surface area contributed by atoms with E-state index >= 15 is 0 Å².